The van der Waals surface area contributed by atoms with E-state index in [9.17, 15) is 10.2 Å². The zero-order valence-electron chi connectivity index (χ0n) is 12.5. The van der Waals surface area contributed by atoms with Crippen molar-refractivity contribution in [3.8, 4) is 0 Å². The number of hydrogen-bond donors (Lipinski definition) is 2. The number of aliphatic hydroxyl groups excluding tert-OH is 2. The molecule has 0 rings (SSSR count). The van der Waals surface area contributed by atoms with Gasteiger partial charge in [0.25, 0.3) is 0 Å². The summed E-state index contributed by atoms with van der Waals surface area (Å²) in [5, 5.41) is 19.0. The average molecular weight is 258 g/mol. The quantitative estimate of drug-likeness (QED) is 0.487. The van der Waals surface area contributed by atoms with Crippen LogP contribution in [0.4, 0.5) is 0 Å². The standard InChI is InChI=1S/C16H34O2/c1-3-5-7-9-11-15(13-17)16(14-18)12-10-8-6-4-2/h15-18H,3-14H2,1-2H3. The van der Waals surface area contributed by atoms with Crippen molar-refractivity contribution in [3.63, 3.8) is 0 Å². The maximum atomic E-state index is 9.48. The molecule has 0 aliphatic rings. The third-order valence-corrected chi connectivity index (χ3v) is 3.99. The highest BCUT2D eigenvalue weighted by Crippen LogP contribution is 2.24. The zero-order valence-corrected chi connectivity index (χ0v) is 12.5. The molecule has 0 saturated heterocycles. The molecule has 2 N–H and O–H groups in total. The molecule has 0 aromatic heterocycles. The lowest BCUT2D eigenvalue weighted by Gasteiger charge is -2.24. The largest absolute Gasteiger partial charge is 0.396 e. The van der Waals surface area contributed by atoms with E-state index < -0.39 is 0 Å². The first-order valence-electron chi connectivity index (χ1n) is 8.01. The summed E-state index contributed by atoms with van der Waals surface area (Å²) in [5.74, 6) is 0.627. The first-order chi connectivity index (χ1) is 8.79. The lowest BCUT2D eigenvalue weighted by atomic mass is 9.85. The summed E-state index contributed by atoms with van der Waals surface area (Å²) in [5.41, 5.74) is 0. The van der Waals surface area contributed by atoms with Gasteiger partial charge in [-0.05, 0) is 24.7 Å². The van der Waals surface area contributed by atoms with Gasteiger partial charge in [-0.2, -0.15) is 0 Å². The van der Waals surface area contributed by atoms with Crippen molar-refractivity contribution in [2.24, 2.45) is 11.8 Å². The molecule has 18 heavy (non-hydrogen) atoms. The Balaban J connectivity index is 3.82. The predicted octanol–water partition coefficient (Wildman–Crippen LogP) is 4.14. The van der Waals surface area contributed by atoms with Crippen LogP contribution in [0.1, 0.15) is 78.1 Å². The van der Waals surface area contributed by atoms with Gasteiger partial charge in [0.15, 0.2) is 0 Å². The van der Waals surface area contributed by atoms with Crippen LogP contribution in [0.3, 0.4) is 0 Å². The summed E-state index contributed by atoms with van der Waals surface area (Å²) in [7, 11) is 0. The van der Waals surface area contributed by atoms with Crippen LogP contribution in [0.15, 0.2) is 0 Å². The average Bonchev–Trinajstić information content (AvgIpc) is 2.40. The van der Waals surface area contributed by atoms with E-state index in [-0.39, 0.29) is 13.2 Å². The summed E-state index contributed by atoms with van der Waals surface area (Å²) >= 11 is 0. The van der Waals surface area contributed by atoms with Crippen LogP contribution < -0.4 is 0 Å². The molecule has 0 aromatic carbocycles. The Kier molecular flexibility index (Phi) is 13.3. The molecular formula is C16H34O2. The molecule has 0 saturated carbocycles. The second-order valence-electron chi connectivity index (χ2n) is 5.58. The molecule has 0 spiro atoms. The summed E-state index contributed by atoms with van der Waals surface area (Å²) in [4.78, 5) is 0. The molecular weight excluding hydrogens is 224 g/mol. The Hall–Kier alpha value is -0.0800. The fourth-order valence-electron chi connectivity index (χ4n) is 2.62. The summed E-state index contributed by atoms with van der Waals surface area (Å²) in [6.07, 6.45) is 12.2. The molecule has 2 unspecified atom stereocenters. The summed E-state index contributed by atoms with van der Waals surface area (Å²) < 4.78 is 0. The monoisotopic (exact) mass is 258 g/mol. The van der Waals surface area contributed by atoms with Gasteiger partial charge in [0.05, 0.1) is 0 Å². The van der Waals surface area contributed by atoms with Gasteiger partial charge in [-0.25, -0.2) is 0 Å². The topological polar surface area (TPSA) is 40.5 Å². The Morgan fingerprint density at radius 3 is 1.28 bits per heavy atom. The van der Waals surface area contributed by atoms with Crippen molar-refractivity contribution in [2.45, 2.75) is 78.1 Å². The van der Waals surface area contributed by atoms with Crippen LogP contribution in [-0.2, 0) is 0 Å². The van der Waals surface area contributed by atoms with Gasteiger partial charge in [0, 0.05) is 13.2 Å². The molecule has 0 bridgehead atoms. The maximum absolute atomic E-state index is 9.48. The van der Waals surface area contributed by atoms with E-state index in [1.807, 2.05) is 0 Å². The third-order valence-electron chi connectivity index (χ3n) is 3.99. The molecule has 0 heterocycles. The number of aliphatic hydroxyl groups is 2. The molecule has 0 aliphatic carbocycles. The minimum absolute atomic E-state index is 0.241. The lowest BCUT2D eigenvalue weighted by Crippen LogP contribution is -2.22. The molecule has 2 atom stereocenters. The highest BCUT2D eigenvalue weighted by molar-refractivity contribution is 4.69. The highest BCUT2D eigenvalue weighted by Gasteiger charge is 2.19. The second-order valence-corrected chi connectivity index (χ2v) is 5.58. The molecule has 2 nitrogen and oxygen atoms in total. The van der Waals surface area contributed by atoms with Gasteiger partial charge in [-0.15, -0.1) is 0 Å². The van der Waals surface area contributed by atoms with Gasteiger partial charge in [-0.1, -0.05) is 65.2 Å². The van der Waals surface area contributed by atoms with E-state index >= 15 is 0 Å². The van der Waals surface area contributed by atoms with Crippen molar-refractivity contribution in [2.75, 3.05) is 13.2 Å². The molecule has 110 valence electrons. The van der Waals surface area contributed by atoms with Gasteiger partial charge in [0.2, 0.25) is 0 Å². The van der Waals surface area contributed by atoms with E-state index in [0.717, 1.165) is 12.8 Å². The van der Waals surface area contributed by atoms with Gasteiger partial charge >= 0.3 is 0 Å². The lowest BCUT2D eigenvalue weighted by molar-refractivity contribution is 0.104. The molecule has 2 heteroatoms. The van der Waals surface area contributed by atoms with Crippen LogP contribution in [0.5, 0.6) is 0 Å². The van der Waals surface area contributed by atoms with Crippen molar-refractivity contribution in [1.29, 1.82) is 0 Å². The van der Waals surface area contributed by atoms with Crippen molar-refractivity contribution < 1.29 is 10.2 Å². The van der Waals surface area contributed by atoms with Crippen LogP contribution in [0, 0.1) is 11.8 Å². The Morgan fingerprint density at radius 2 is 1.00 bits per heavy atom. The first kappa shape index (κ1) is 17.9. The molecule has 0 amide bonds. The fourth-order valence-corrected chi connectivity index (χ4v) is 2.62. The summed E-state index contributed by atoms with van der Waals surface area (Å²) in [6.45, 7) is 4.91. The van der Waals surface area contributed by atoms with E-state index in [1.54, 1.807) is 0 Å². The fraction of sp³-hybridized carbons (Fsp3) is 1.00. The highest BCUT2D eigenvalue weighted by atomic mass is 16.3. The predicted molar refractivity (Wildman–Crippen MR) is 78.7 cm³/mol. The van der Waals surface area contributed by atoms with Gasteiger partial charge in [0.1, 0.15) is 0 Å². The minimum atomic E-state index is 0.241. The molecule has 0 aromatic rings. The van der Waals surface area contributed by atoms with Crippen LogP contribution >= 0.6 is 0 Å². The van der Waals surface area contributed by atoms with Crippen LogP contribution in [0.25, 0.3) is 0 Å². The van der Waals surface area contributed by atoms with Crippen molar-refractivity contribution >= 4 is 0 Å². The van der Waals surface area contributed by atoms with E-state index in [4.69, 9.17) is 0 Å². The van der Waals surface area contributed by atoms with E-state index in [2.05, 4.69) is 13.8 Å². The number of unbranched alkanes of at least 4 members (excludes halogenated alkanes) is 6. The Morgan fingerprint density at radius 1 is 0.611 bits per heavy atom. The van der Waals surface area contributed by atoms with E-state index in [1.165, 1.54) is 51.4 Å². The first-order valence-corrected chi connectivity index (χ1v) is 8.01. The van der Waals surface area contributed by atoms with Gasteiger partial charge < -0.3 is 10.2 Å². The smallest absolute Gasteiger partial charge is 0.0462 e. The molecule has 0 radical (unpaired) electrons. The third kappa shape index (κ3) is 8.93. The van der Waals surface area contributed by atoms with Crippen molar-refractivity contribution in [1.82, 2.24) is 0 Å². The normalized spacial score (nSPS) is 14.7. The number of rotatable bonds is 13. The Labute approximate surface area is 114 Å². The Bertz CT molecular complexity index is 141. The summed E-state index contributed by atoms with van der Waals surface area (Å²) in [6, 6.07) is 0. The number of hydrogen-bond acceptors (Lipinski definition) is 2. The zero-order chi connectivity index (χ0) is 13.6. The molecule has 0 fully saturated rings. The van der Waals surface area contributed by atoms with E-state index in [0.29, 0.717) is 11.8 Å². The SMILES string of the molecule is CCCCCCC(CO)C(CO)CCCCCC. The van der Waals surface area contributed by atoms with Crippen molar-refractivity contribution in [3.05, 3.63) is 0 Å². The maximum Gasteiger partial charge on any atom is 0.0462 e. The second kappa shape index (κ2) is 13.4. The van der Waals surface area contributed by atoms with Gasteiger partial charge in [-0.3, -0.25) is 0 Å². The van der Waals surface area contributed by atoms with Crippen LogP contribution in [0.2, 0.25) is 0 Å². The van der Waals surface area contributed by atoms with Crippen LogP contribution in [-0.4, -0.2) is 23.4 Å². The minimum Gasteiger partial charge on any atom is -0.396 e. The molecule has 0 aliphatic heterocycles.